The second-order valence-electron chi connectivity index (χ2n) is 4.16. The van der Waals surface area contributed by atoms with Gasteiger partial charge in [0.15, 0.2) is 12.0 Å². The molecule has 0 radical (unpaired) electrons. The van der Waals surface area contributed by atoms with Crippen LogP contribution >= 0.6 is 11.3 Å². The van der Waals surface area contributed by atoms with Gasteiger partial charge < -0.3 is 4.74 Å². The molecule has 2 aromatic heterocycles. The Kier molecular flexibility index (Phi) is 3.44. The summed E-state index contributed by atoms with van der Waals surface area (Å²) in [6.07, 6.45) is 0.666. The maximum atomic E-state index is 11.3. The summed E-state index contributed by atoms with van der Waals surface area (Å²) in [5.41, 5.74) is 1.49. The van der Waals surface area contributed by atoms with Gasteiger partial charge in [0.1, 0.15) is 16.5 Å². The van der Waals surface area contributed by atoms with E-state index in [-0.39, 0.29) is 5.69 Å². The molecule has 7 nitrogen and oxygen atoms in total. The van der Waals surface area contributed by atoms with Crippen molar-refractivity contribution >= 4 is 17.6 Å². The summed E-state index contributed by atoms with van der Waals surface area (Å²) in [5.74, 6) is 0.630. The molecule has 0 N–H and O–H groups in total. The van der Waals surface area contributed by atoms with Gasteiger partial charge in [-0.05, 0) is 19.1 Å². The number of aryl methyl sites for hydroxylation is 1. The Hall–Kier alpha value is -2.61. The highest BCUT2D eigenvalue weighted by atomic mass is 32.1. The zero-order valence-electron chi connectivity index (χ0n) is 11.3. The Bertz CT molecular complexity index is 795. The molecular formula is C13H11N5O2S. The summed E-state index contributed by atoms with van der Waals surface area (Å²) in [5, 5.41) is 17.3. The van der Waals surface area contributed by atoms with E-state index in [1.807, 2.05) is 31.2 Å². The second kappa shape index (κ2) is 5.41. The van der Waals surface area contributed by atoms with Gasteiger partial charge in [-0.1, -0.05) is 28.7 Å². The van der Waals surface area contributed by atoms with Crippen molar-refractivity contribution in [1.29, 1.82) is 0 Å². The van der Waals surface area contributed by atoms with E-state index in [0.29, 0.717) is 22.9 Å². The third-order valence-electron chi connectivity index (χ3n) is 2.87. The van der Waals surface area contributed by atoms with Crippen molar-refractivity contribution in [3.8, 4) is 22.1 Å². The molecule has 0 aliphatic carbocycles. The van der Waals surface area contributed by atoms with Crippen LogP contribution in [0.1, 0.15) is 15.5 Å². The summed E-state index contributed by atoms with van der Waals surface area (Å²) < 4.78 is 6.85. The number of carbonyl (C=O) groups is 1. The highest BCUT2D eigenvalue weighted by molar-refractivity contribution is 7.13. The summed E-state index contributed by atoms with van der Waals surface area (Å²) in [6, 6.07) is 7.36. The first-order chi connectivity index (χ1) is 10.2. The van der Waals surface area contributed by atoms with Crippen molar-refractivity contribution in [2.24, 2.45) is 0 Å². The highest BCUT2D eigenvalue weighted by Gasteiger charge is 2.20. The van der Waals surface area contributed by atoms with Crippen molar-refractivity contribution in [3.63, 3.8) is 0 Å². The zero-order chi connectivity index (χ0) is 14.8. The molecule has 0 saturated carbocycles. The molecule has 0 amide bonds. The van der Waals surface area contributed by atoms with Gasteiger partial charge >= 0.3 is 0 Å². The average Bonchev–Trinajstić information content (AvgIpc) is 3.12. The lowest BCUT2D eigenvalue weighted by atomic mass is 10.1. The fraction of sp³-hybridized carbons (Fsp3) is 0.154. The number of rotatable bonds is 4. The zero-order valence-corrected chi connectivity index (χ0v) is 12.2. The third kappa shape index (κ3) is 2.29. The minimum absolute atomic E-state index is 0.229. The van der Waals surface area contributed by atoms with Crippen molar-refractivity contribution in [2.75, 3.05) is 7.11 Å². The lowest BCUT2D eigenvalue weighted by Crippen LogP contribution is -2.01. The molecule has 0 aliphatic heterocycles. The number of benzene rings is 1. The molecule has 8 heteroatoms. The van der Waals surface area contributed by atoms with Gasteiger partial charge in [-0.3, -0.25) is 4.79 Å². The molecule has 106 valence electrons. The number of methoxy groups -OCH3 is 1. The van der Waals surface area contributed by atoms with Crippen LogP contribution in [-0.2, 0) is 0 Å². The largest absolute Gasteiger partial charge is 0.496 e. The van der Waals surface area contributed by atoms with Crippen molar-refractivity contribution in [3.05, 3.63) is 35.0 Å². The van der Waals surface area contributed by atoms with Crippen LogP contribution in [0, 0.1) is 6.92 Å². The van der Waals surface area contributed by atoms with E-state index >= 15 is 0 Å². The highest BCUT2D eigenvalue weighted by Crippen LogP contribution is 2.32. The summed E-state index contributed by atoms with van der Waals surface area (Å²) >= 11 is 1.37. The number of hydrogen-bond donors (Lipinski definition) is 0. The smallest absolute Gasteiger partial charge is 0.234 e. The molecule has 0 fully saturated rings. The number of hydrogen-bond acceptors (Lipinski definition) is 7. The Labute approximate surface area is 124 Å². The molecular weight excluding hydrogens is 290 g/mol. The lowest BCUT2D eigenvalue weighted by molar-refractivity contribution is 0.111. The van der Waals surface area contributed by atoms with Crippen molar-refractivity contribution in [2.45, 2.75) is 6.92 Å². The van der Waals surface area contributed by atoms with Gasteiger partial charge in [0.2, 0.25) is 5.13 Å². The number of para-hydroxylation sites is 1. The van der Waals surface area contributed by atoms with Crippen LogP contribution in [0.2, 0.25) is 0 Å². The van der Waals surface area contributed by atoms with Crippen LogP contribution in [0.3, 0.4) is 0 Å². The molecule has 21 heavy (non-hydrogen) atoms. The molecule has 2 heterocycles. The first-order valence-corrected chi connectivity index (χ1v) is 6.91. The van der Waals surface area contributed by atoms with Crippen LogP contribution < -0.4 is 4.74 Å². The van der Waals surface area contributed by atoms with Crippen LogP contribution in [0.4, 0.5) is 0 Å². The molecule has 0 saturated heterocycles. The second-order valence-corrected chi connectivity index (χ2v) is 5.32. The molecule has 3 aromatic rings. The van der Waals surface area contributed by atoms with E-state index in [0.717, 1.165) is 10.6 Å². The van der Waals surface area contributed by atoms with E-state index in [1.54, 1.807) is 7.11 Å². The van der Waals surface area contributed by atoms with Gasteiger partial charge in [-0.2, -0.15) is 4.68 Å². The standard InChI is InChI=1S/C13H11N5O2S/c1-8-14-16-13(21-8)18-12(10(7-19)15-17-18)9-5-3-4-6-11(9)20-2/h3-7H,1-2H3. The number of nitrogens with zero attached hydrogens (tertiary/aromatic N) is 5. The Morgan fingerprint density at radius 2 is 2.05 bits per heavy atom. The molecule has 1 aromatic carbocycles. The molecule has 0 unspecified atom stereocenters. The third-order valence-corrected chi connectivity index (χ3v) is 3.68. The Morgan fingerprint density at radius 3 is 2.71 bits per heavy atom. The molecule has 0 atom stereocenters. The Morgan fingerprint density at radius 1 is 1.24 bits per heavy atom. The van der Waals surface area contributed by atoms with Crippen LogP contribution in [0.15, 0.2) is 24.3 Å². The predicted molar refractivity (Wildman–Crippen MR) is 76.9 cm³/mol. The van der Waals surface area contributed by atoms with E-state index < -0.39 is 0 Å². The fourth-order valence-electron chi connectivity index (χ4n) is 1.97. The van der Waals surface area contributed by atoms with Gasteiger partial charge in [0.25, 0.3) is 0 Å². The Balaban J connectivity index is 2.25. The first-order valence-electron chi connectivity index (χ1n) is 6.09. The maximum absolute atomic E-state index is 11.3. The minimum Gasteiger partial charge on any atom is -0.496 e. The van der Waals surface area contributed by atoms with E-state index in [4.69, 9.17) is 4.74 Å². The summed E-state index contributed by atoms with van der Waals surface area (Å²) in [6.45, 7) is 1.85. The lowest BCUT2D eigenvalue weighted by Gasteiger charge is -2.08. The van der Waals surface area contributed by atoms with E-state index in [9.17, 15) is 4.79 Å². The first kappa shape index (κ1) is 13.4. The predicted octanol–water partition coefficient (Wildman–Crippen LogP) is 1.92. The van der Waals surface area contributed by atoms with Crippen molar-refractivity contribution in [1.82, 2.24) is 25.2 Å². The van der Waals surface area contributed by atoms with Crippen LogP contribution in [0.5, 0.6) is 5.75 Å². The number of aldehydes is 1. The van der Waals surface area contributed by atoms with Crippen LogP contribution in [0.25, 0.3) is 16.4 Å². The average molecular weight is 301 g/mol. The topological polar surface area (TPSA) is 82.8 Å². The van der Waals surface area contributed by atoms with Gasteiger partial charge in [-0.25, -0.2) is 0 Å². The molecule has 3 rings (SSSR count). The number of ether oxygens (including phenoxy) is 1. The van der Waals surface area contributed by atoms with Gasteiger partial charge in [0, 0.05) is 5.56 Å². The molecule has 0 bridgehead atoms. The van der Waals surface area contributed by atoms with Gasteiger partial charge in [-0.15, -0.1) is 15.3 Å². The van der Waals surface area contributed by atoms with E-state index in [1.165, 1.54) is 16.0 Å². The van der Waals surface area contributed by atoms with Crippen LogP contribution in [-0.4, -0.2) is 38.6 Å². The number of aromatic nitrogens is 5. The molecule has 0 spiro atoms. The molecule has 0 aliphatic rings. The summed E-state index contributed by atoms with van der Waals surface area (Å²) in [7, 11) is 1.57. The van der Waals surface area contributed by atoms with Gasteiger partial charge in [0.05, 0.1) is 7.11 Å². The van der Waals surface area contributed by atoms with E-state index in [2.05, 4.69) is 20.5 Å². The SMILES string of the molecule is COc1ccccc1-c1c(C=O)nnn1-c1nnc(C)s1. The normalized spacial score (nSPS) is 10.6. The monoisotopic (exact) mass is 301 g/mol. The minimum atomic E-state index is 0.229. The fourth-order valence-corrected chi connectivity index (χ4v) is 2.61. The summed E-state index contributed by atoms with van der Waals surface area (Å²) in [4.78, 5) is 11.3. The maximum Gasteiger partial charge on any atom is 0.234 e. The van der Waals surface area contributed by atoms with Crippen molar-refractivity contribution < 1.29 is 9.53 Å². The quantitative estimate of drug-likeness (QED) is 0.685. The number of carbonyl (C=O) groups excluding carboxylic acids is 1.